The molecule has 1 atom stereocenters. The van der Waals surface area contributed by atoms with Crippen molar-refractivity contribution in [2.24, 2.45) is 5.92 Å². The molecule has 0 fully saturated rings. The highest BCUT2D eigenvalue weighted by molar-refractivity contribution is 6.03. The second-order valence-electron chi connectivity index (χ2n) is 11.0. The van der Waals surface area contributed by atoms with Crippen LogP contribution >= 0.6 is 0 Å². The Hall–Kier alpha value is -5.13. The summed E-state index contributed by atoms with van der Waals surface area (Å²) in [7, 11) is 3.12. The number of benzene rings is 2. The van der Waals surface area contributed by atoms with E-state index < -0.39 is 29.6 Å². The lowest BCUT2D eigenvalue weighted by Crippen LogP contribution is -2.48. The SMILES string of the molecule is COc1ccc(-c2ccnc3cc(C(=O)Nc4ccc(OC(=O)[C@@H](NC(=O)OC(C)(C)C)C(C)C)cc4)nn23)cc1OC. The first-order chi connectivity index (χ1) is 20.4. The summed E-state index contributed by atoms with van der Waals surface area (Å²) in [4.78, 5) is 42.4. The summed E-state index contributed by atoms with van der Waals surface area (Å²) in [5.41, 5.74) is 1.90. The zero-order chi connectivity index (χ0) is 31.3. The Morgan fingerprint density at radius 3 is 2.23 bits per heavy atom. The van der Waals surface area contributed by atoms with Gasteiger partial charge in [-0.25, -0.2) is 19.1 Å². The number of hydrogen-bond acceptors (Lipinski definition) is 9. The van der Waals surface area contributed by atoms with Gasteiger partial charge in [-0.15, -0.1) is 0 Å². The predicted molar refractivity (Wildman–Crippen MR) is 160 cm³/mol. The minimum atomic E-state index is -0.915. The van der Waals surface area contributed by atoms with E-state index in [1.807, 2.05) is 12.1 Å². The maximum atomic E-state index is 13.1. The van der Waals surface area contributed by atoms with Gasteiger partial charge in [-0.2, -0.15) is 5.10 Å². The van der Waals surface area contributed by atoms with Gasteiger partial charge in [-0.1, -0.05) is 13.8 Å². The van der Waals surface area contributed by atoms with Crippen molar-refractivity contribution in [2.75, 3.05) is 19.5 Å². The molecular weight excluding hydrogens is 554 g/mol. The number of carbonyl (C=O) groups is 3. The fourth-order valence-corrected chi connectivity index (χ4v) is 4.13. The Labute approximate surface area is 249 Å². The van der Waals surface area contributed by atoms with Gasteiger partial charge < -0.3 is 29.6 Å². The number of amides is 2. The Balaban J connectivity index is 1.45. The Morgan fingerprint density at radius 1 is 0.907 bits per heavy atom. The molecule has 43 heavy (non-hydrogen) atoms. The van der Waals surface area contributed by atoms with Crippen LogP contribution in [0.2, 0.25) is 0 Å². The number of methoxy groups -OCH3 is 2. The predicted octanol–water partition coefficient (Wildman–Crippen LogP) is 5.12. The van der Waals surface area contributed by atoms with Crippen LogP contribution in [0.15, 0.2) is 60.8 Å². The zero-order valence-electron chi connectivity index (χ0n) is 25.1. The van der Waals surface area contributed by atoms with Gasteiger partial charge in [-0.05, 0) is 75.2 Å². The van der Waals surface area contributed by atoms with Gasteiger partial charge in [-0.3, -0.25) is 4.79 Å². The van der Waals surface area contributed by atoms with Crippen LogP contribution in [0.1, 0.15) is 45.1 Å². The molecule has 0 bridgehead atoms. The molecular formula is C31H35N5O7. The molecule has 0 aliphatic heterocycles. The topological polar surface area (TPSA) is 142 Å². The summed E-state index contributed by atoms with van der Waals surface area (Å²) in [6.45, 7) is 8.78. The molecule has 2 amide bonds. The molecule has 0 radical (unpaired) electrons. The quantitative estimate of drug-likeness (QED) is 0.201. The summed E-state index contributed by atoms with van der Waals surface area (Å²) in [5, 5.41) is 9.83. The molecule has 4 aromatic rings. The molecule has 0 unspecified atom stereocenters. The normalized spacial score (nSPS) is 12.0. The van der Waals surface area contributed by atoms with Gasteiger partial charge in [0.05, 0.1) is 19.9 Å². The van der Waals surface area contributed by atoms with Crippen LogP contribution in [0.25, 0.3) is 16.9 Å². The third kappa shape index (κ3) is 7.59. The maximum Gasteiger partial charge on any atom is 0.408 e. The van der Waals surface area contributed by atoms with Crippen LogP contribution in [-0.4, -0.2) is 58.4 Å². The minimum Gasteiger partial charge on any atom is -0.493 e. The summed E-state index contributed by atoms with van der Waals surface area (Å²) < 4.78 is 23.1. The molecule has 0 aliphatic carbocycles. The van der Waals surface area contributed by atoms with Gasteiger partial charge in [0.25, 0.3) is 5.91 Å². The van der Waals surface area contributed by atoms with Crippen molar-refractivity contribution in [1.82, 2.24) is 19.9 Å². The van der Waals surface area contributed by atoms with E-state index in [1.165, 1.54) is 0 Å². The van der Waals surface area contributed by atoms with Crippen LogP contribution in [-0.2, 0) is 9.53 Å². The fourth-order valence-electron chi connectivity index (χ4n) is 4.13. The van der Waals surface area contributed by atoms with Crippen LogP contribution in [0, 0.1) is 5.92 Å². The summed E-state index contributed by atoms with van der Waals surface area (Å²) in [6.07, 6.45) is 0.927. The van der Waals surface area contributed by atoms with Crippen molar-refractivity contribution in [2.45, 2.75) is 46.3 Å². The highest BCUT2D eigenvalue weighted by Gasteiger charge is 2.28. The average Bonchev–Trinajstić information content (AvgIpc) is 3.40. The molecule has 4 rings (SSSR count). The van der Waals surface area contributed by atoms with E-state index in [2.05, 4.69) is 20.7 Å². The highest BCUT2D eigenvalue weighted by atomic mass is 16.6. The van der Waals surface area contributed by atoms with E-state index in [4.69, 9.17) is 18.9 Å². The first-order valence-electron chi connectivity index (χ1n) is 13.6. The van der Waals surface area contributed by atoms with Gasteiger partial charge in [0.15, 0.2) is 22.8 Å². The Bertz CT molecular complexity index is 1620. The first kappa shape index (κ1) is 30.8. The van der Waals surface area contributed by atoms with Gasteiger partial charge >= 0.3 is 12.1 Å². The van der Waals surface area contributed by atoms with E-state index >= 15 is 0 Å². The zero-order valence-corrected chi connectivity index (χ0v) is 25.1. The average molecular weight is 590 g/mol. The molecule has 2 N–H and O–H groups in total. The summed E-state index contributed by atoms with van der Waals surface area (Å²) in [6, 6.07) is 14.2. The number of hydrogen-bond donors (Lipinski definition) is 2. The number of alkyl carbamates (subject to hydrolysis) is 1. The largest absolute Gasteiger partial charge is 0.493 e. The molecule has 2 aromatic heterocycles. The molecule has 0 spiro atoms. The number of nitrogens with zero attached hydrogens (tertiary/aromatic N) is 3. The highest BCUT2D eigenvalue weighted by Crippen LogP contribution is 2.32. The lowest BCUT2D eigenvalue weighted by molar-refractivity contribution is -0.137. The van der Waals surface area contributed by atoms with E-state index in [9.17, 15) is 14.4 Å². The first-order valence-corrected chi connectivity index (χ1v) is 13.6. The summed E-state index contributed by atoms with van der Waals surface area (Å²) >= 11 is 0. The number of carbonyl (C=O) groups excluding carboxylic acids is 3. The van der Waals surface area contributed by atoms with Crippen LogP contribution in [0.3, 0.4) is 0 Å². The van der Waals surface area contributed by atoms with Crippen molar-refractivity contribution < 1.29 is 33.3 Å². The van der Waals surface area contributed by atoms with Crippen LogP contribution in [0.5, 0.6) is 17.2 Å². The maximum absolute atomic E-state index is 13.1. The monoisotopic (exact) mass is 589 g/mol. The molecule has 12 nitrogen and oxygen atoms in total. The van der Waals surface area contributed by atoms with Gasteiger partial charge in [0.2, 0.25) is 0 Å². The molecule has 0 saturated heterocycles. The number of esters is 1. The molecule has 0 aliphatic rings. The smallest absolute Gasteiger partial charge is 0.408 e. The number of anilines is 1. The van der Waals surface area contributed by atoms with Crippen molar-refractivity contribution in [3.63, 3.8) is 0 Å². The molecule has 0 saturated carbocycles. The van der Waals surface area contributed by atoms with E-state index in [1.54, 1.807) is 102 Å². The van der Waals surface area contributed by atoms with Crippen molar-refractivity contribution in [3.05, 3.63) is 66.5 Å². The molecule has 12 heteroatoms. The molecule has 2 heterocycles. The van der Waals surface area contributed by atoms with Gasteiger partial charge in [0.1, 0.15) is 17.4 Å². The Kier molecular flexibility index (Phi) is 9.18. The minimum absolute atomic E-state index is 0.156. The number of aromatic nitrogens is 3. The lowest BCUT2D eigenvalue weighted by atomic mass is 10.1. The van der Waals surface area contributed by atoms with Crippen LogP contribution < -0.4 is 24.8 Å². The number of rotatable bonds is 9. The van der Waals surface area contributed by atoms with Crippen molar-refractivity contribution in [3.8, 4) is 28.5 Å². The van der Waals surface area contributed by atoms with E-state index in [-0.39, 0.29) is 17.4 Å². The second-order valence-corrected chi connectivity index (χ2v) is 11.0. The number of nitrogens with one attached hydrogen (secondary N) is 2. The Morgan fingerprint density at radius 2 is 1.60 bits per heavy atom. The lowest BCUT2D eigenvalue weighted by Gasteiger charge is -2.24. The summed E-state index contributed by atoms with van der Waals surface area (Å²) in [5.74, 6) is 0.0651. The molecule has 2 aromatic carbocycles. The standard InChI is InChI=1S/C31H35N5O7/c1-18(2)27(34-30(39)43-31(3,4)5)29(38)42-21-11-9-20(10-12-21)33-28(37)22-17-26-32-15-14-23(36(26)35-22)19-8-13-24(40-6)25(16-19)41-7/h8-18,27H,1-7H3,(H,33,37)(H,34,39)/t27-/m0/s1. The third-order valence-corrected chi connectivity index (χ3v) is 6.19. The van der Waals surface area contributed by atoms with Crippen molar-refractivity contribution >= 4 is 29.3 Å². The number of ether oxygens (including phenoxy) is 4. The van der Waals surface area contributed by atoms with E-state index in [0.29, 0.717) is 28.5 Å². The van der Waals surface area contributed by atoms with Crippen LogP contribution in [0.4, 0.5) is 10.5 Å². The number of fused-ring (bicyclic) bond motifs is 1. The fraction of sp³-hybridized carbons (Fsp3) is 0.323. The second kappa shape index (κ2) is 12.8. The van der Waals surface area contributed by atoms with Gasteiger partial charge in [0, 0.05) is 23.5 Å². The third-order valence-electron chi connectivity index (χ3n) is 6.19. The molecule has 226 valence electrons. The van der Waals surface area contributed by atoms with E-state index in [0.717, 1.165) is 5.56 Å². The van der Waals surface area contributed by atoms with Crippen molar-refractivity contribution in [1.29, 1.82) is 0 Å².